The summed E-state index contributed by atoms with van der Waals surface area (Å²) in [6.07, 6.45) is 1.59. The lowest BCUT2D eigenvalue weighted by atomic mass is 10.2. The standard InChI is InChI=1S/C16H25ClN4O/c1-12-10-21(11-13(2)22-12)9-5-8-19-16(18)20-15-7-4-3-6-14(15)17/h3-4,6-7,12-13H,5,8-11H2,1-2H3,(H3,18,19,20)/t12-,13-/m0/s1. The lowest BCUT2D eigenvalue weighted by molar-refractivity contribution is -0.0679. The molecule has 0 spiro atoms. The van der Waals surface area contributed by atoms with E-state index in [1.807, 2.05) is 24.3 Å². The highest BCUT2D eigenvalue weighted by atomic mass is 35.5. The van der Waals surface area contributed by atoms with E-state index >= 15 is 0 Å². The molecule has 0 aliphatic carbocycles. The van der Waals surface area contributed by atoms with Crippen LogP contribution in [-0.2, 0) is 4.74 Å². The van der Waals surface area contributed by atoms with Crippen LogP contribution < -0.4 is 11.1 Å². The quantitative estimate of drug-likeness (QED) is 0.496. The molecule has 0 unspecified atom stereocenters. The third-order valence-corrected chi connectivity index (χ3v) is 3.88. The van der Waals surface area contributed by atoms with Crippen LogP contribution in [0.15, 0.2) is 29.3 Å². The van der Waals surface area contributed by atoms with Gasteiger partial charge in [0.05, 0.1) is 22.9 Å². The normalized spacial score (nSPS) is 23.5. The maximum absolute atomic E-state index is 6.07. The summed E-state index contributed by atoms with van der Waals surface area (Å²) in [6, 6.07) is 7.48. The number of nitrogens with two attached hydrogens (primary N) is 1. The van der Waals surface area contributed by atoms with Crippen LogP contribution in [0.3, 0.4) is 0 Å². The molecule has 0 saturated carbocycles. The number of halogens is 1. The van der Waals surface area contributed by atoms with Crippen LogP contribution in [0.25, 0.3) is 0 Å². The maximum Gasteiger partial charge on any atom is 0.193 e. The molecule has 1 aliphatic heterocycles. The highest BCUT2D eigenvalue weighted by molar-refractivity contribution is 6.33. The van der Waals surface area contributed by atoms with Crippen molar-refractivity contribution in [1.82, 2.24) is 4.90 Å². The topological polar surface area (TPSA) is 62.9 Å². The second-order valence-corrected chi connectivity index (χ2v) is 6.15. The van der Waals surface area contributed by atoms with Crippen LogP contribution in [0.1, 0.15) is 20.3 Å². The predicted molar refractivity (Wildman–Crippen MR) is 92.6 cm³/mol. The molecular formula is C16H25ClN4O. The Morgan fingerprint density at radius 1 is 1.36 bits per heavy atom. The number of anilines is 1. The van der Waals surface area contributed by atoms with Crippen molar-refractivity contribution in [3.8, 4) is 0 Å². The van der Waals surface area contributed by atoms with E-state index in [1.165, 1.54) is 0 Å². The second kappa shape index (κ2) is 8.36. The van der Waals surface area contributed by atoms with E-state index in [0.717, 1.165) is 31.7 Å². The summed E-state index contributed by atoms with van der Waals surface area (Å²) in [4.78, 5) is 6.77. The van der Waals surface area contributed by atoms with Crippen LogP contribution in [-0.4, -0.2) is 49.2 Å². The van der Waals surface area contributed by atoms with Crippen molar-refractivity contribution >= 4 is 23.2 Å². The van der Waals surface area contributed by atoms with Crippen molar-refractivity contribution in [2.24, 2.45) is 10.7 Å². The van der Waals surface area contributed by atoms with Gasteiger partial charge in [-0.3, -0.25) is 9.89 Å². The van der Waals surface area contributed by atoms with E-state index in [4.69, 9.17) is 22.1 Å². The fourth-order valence-corrected chi connectivity index (χ4v) is 2.88. The minimum atomic E-state index is 0.305. The highest BCUT2D eigenvalue weighted by Gasteiger charge is 2.21. The van der Waals surface area contributed by atoms with E-state index in [1.54, 1.807) is 0 Å². The number of guanidine groups is 1. The molecule has 1 fully saturated rings. The second-order valence-electron chi connectivity index (χ2n) is 5.74. The number of para-hydroxylation sites is 1. The Hall–Kier alpha value is -1.30. The monoisotopic (exact) mass is 324 g/mol. The Kier molecular flexibility index (Phi) is 6.49. The molecule has 0 amide bonds. The van der Waals surface area contributed by atoms with Crippen molar-refractivity contribution in [1.29, 1.82) is 0 Å². The zero-order valence-electron chi connectivity index (χ0n) is 13.3. The first-order chi connectivity index (χ1) is 10.5. The molecule has 1 aromatic carbocycles. The average Bonchev–Trinajstić information content (AvgIpc) is 2.45. The molecule has 2 rings (SSSR count). The lowest BCUT2D eigenvalue weighted by Gasteiger charge is -2.35. The first kappa shape index (κ1) is 17.1. The third kappa shape index (κ3) is 5.48. The summed E-state index contributed by atoms with van der Waals surface area (Å²) < 4.78 is 5.73. The fraction of sp³-hybridized carbons (Fsp3) is 0.562. The number of ether oxygens (including phenoxy) is 1. The van der Waals surface area contributed by atoms with E-state index < -0.39 is 0 Å². The fourth-order valence-electron chi connectivity index (χ4n) is 2.70. The van der Waals surface area contributed by atoms with Gasteiger partial charge in [-0.25, -0.2) is 0 Å². The third-order valence-electron chi connectivity index (χ3n) is 3.55. The minimum absolute atomic E-state index is 0.305. The Morgan fingerprint density at radius 3 is 2.73 bits per heavy atom. The highest BCUT2D eigenvalue weighted by Crippen LogP contribution is 2.19. The van der Waals surface area contributed by atoms with Gasteiger partial charge >= 0.3 is 0 Å². The molecule has 1 aliphatic rings. The Labute approximate surface area is 137 Å². The number of aliphatic imine (C=N–C) groups is 1. The van der Waals surface area contributed by atoms with Crippen LogP contribution >= 0.6 is 11.6 Å². The van der Waals surface area contributed by atoms with E-state index in [9.17, 15) is 0 Å². The Balaban J connectivity index is 1.72. The van der Waals surface area contributed by atoms with Gasteiger partial charge in [0.15, 0.2) is 5.96 Å². The van der Waals surface area contributed by atoms with Gasteiger partial charge < -0.3 is 15.8 Å². The summed E-state index contributed by atoms with van der Waals surface area (Å²) in [5.41, 5.74) is 6.66. The molecular weight excluding hydrogens is 300 g/mol. The van der Waals surface area contributed by atoms with Crippen molar-refractivity contribution in [3.05, 3.63) is 29.3 Å². The molecule has 1 saturated heterocycles. The molecule has 1 heterocycles. The first-order valence-electron chi connectivity index (χ1n) is 7.74. The molecule has 0 radical (unpaired) electrons. The summed E-state index contributed by atoms with van der Waals surface area (Å²) in [5.74, 6) is 0.400. The largest absolute Gasteiger partial charge is 0.373 e. The van der Waals surface area contributed by atoms with Crippen LogP contribution in [0.2, 0.25) is 5.02 Å². The number of morpholine rings is 1. The van der Waals surface area contributed by atoms with Crippen molar-refractivity contribution < 1.29 is 4.74 Å². The van der Waals surface area contributed by atoms with Gasteiger partial charge in [-0.05, 0) is 32.4 Å². The van der Waals surface area contributed by atoms with Crippen LogP contribution in [0.4, 0.5) is 5.69 Å². The van der Waals surface area contributed by atoms with Gasteiger partial charge in [-0.15, -0.1) is 0 Å². The zero-order valence-corrected chi connectivity index (χ0v) is 14.0. The molecule has 2 atom stereocenters. The number of hydrogen-bond donors (Lipinski definition) is 2. The van der Waals surface area contributed by atoms with Crippen molar-refractivity contribution in [2.45, 2.75) is 32.5 Å². The zero-order chi connectivity index (χ0) is 15.9. The average molecular weight is 325 g/mol. The molecule has 122 valence electrons. The molecule has 0 aromatic heterocycles. The lowest BCUT2D eigenvalue weighted by Crippen LogP contribution is -2.45. The smallest absolute Gasteiger partial charge is 0.193 e. The molecule has 1 aromatic rings. The summed E-state index contributed by atoms with van der Waals surface area (Å²) in [6.45, 7) is 7.92. The molecule has 0 bridgehead atoms. The van der Waals surface area contributed by atoms with Gasteiger partial charge in [0, 0.05) is 26.2 Å². The summed E-state index contributed by atoms with van der Waals surface area (Å²) in [7, 11) is 0. The number of hydrogen-bond acceptors (Lipinski definition) is 3. The summed E-state index contributed by atoms with van der Waals surface area (Å²) >= 11 is 6.07. The van der Waals surface area contributed by atoms with Gasteiger partial charge in [-0.1, -0.05) is 23.7 Å². The number of rotatable bonds is 5. The maximum atomic E-state index is 6.07. The molecule has 6 heteroatoms. The van der Waals surface area contributed by atoms with Gasteiger partial charge in [0.25, 0.3) is 0 Å². The molecule has 5 nitrogen and oxygen atoms in total. The Morgan fingerprint density at radius 2 is 2.05 bits per heavy atom. The van der Waals surface area contributed by atoms with E-state index in [2.05, 4.69) is 29.1 Å². The predicted octanol–water partition coefficient (Wildman–Crippen LogP) is 2.57. The SMILES string of the molecule is C[C@H]1CN(CCCN=C(N)Nc2ccccc2Cl)C[C@H](C)O1. The minimum Gasteiger partial charge on any atom is -0.373 e. The number of nitrogens with one attached hydrogen (secondary N) is 1. The first-order valence-corrected chi connectivity index (χ1v) is 8.11. The van der Waals surface area contributed by atoms with Crippen molar-refractivity contribution in [2.75, 3.05) is 31.5 Å². The van der Waals surface area contributed by atoms with Crippen molar-refractivity contribution in [3.63, 3.8) is 0 Å². The Bertz CT molecular complexity index is 499. The van der Waals surface area contributed by atoms with Crippen LogP contribution in [0, 0.1) is 0 Å². The van der Waals surface area contributed by atoms with Crippen LogP contribution in [0.5, 0.6) is 0 Å². The number of benzene rings is 1. The molecule has 22 heavy (non-hydrogen) atoms. The van der Waals surface area contributed by atoms with Gasteiger partial charge in [0.2, 0.25) is 0 Å². The molecule has 3 N–H and O–H groups in total. The van der Waals surface area contributed by atoms with Gasteiger partial charge in [-0.2, -0.15) is 0 Å². The van der Waals surface area contributed by atoms with E-state index in [0.29, 0.717) is 29.7 Å². The number of nitrogens with zero attached hydrogens (tertiary/aromatic N) is 2. The van der Waals surface area contributed by atoms with E-state index in [-0.39, 0.29) is 0 Å². The summed E-state index contributed by atoms with van der Waals surface area (Å²) in [5, 5.41) is 3.66. The van der Waals surface area contributed by atoms with Gasteiger partial charge in [0.1, 0.15) is 0 Å².